The second-order valence-electron chi connectivity index (χ2n) is 6.13. The number of carbonyl (C=O) groups is 1. The Morgan fingerprint density at radius 1 is 1.25 bits per heavy atom. The van der Waals surface area contributed by atoms with Gasteiger partial charge in [-0.15, -0.1) is 0 Å². The van der Waals surface area contributed by atoms with Gasteiger partial charge in [-0.05, 0) is 23.8 Å². The Balaban J connectivity index is 1.57. The zero-order valence-electron chi connectivity index (χ0n) is 12.9. The molecule has 2 aromatic carbocycles. The SMILES string of the molecule is O=C(Nc1ccccc1F)N1[C@@H](CO)[C@@H]2c3ccccc3NC[C@@H]21. The van der Waals surface area contributed by atoms with Gasteiger partial charge in [0, 0.05) is 18.2 Å². The topological polar surface area (TPSA) is 64.6 Å². The summed E-state index contributed by atoms with van der Waals surface area (Å²) in [6, 6.07) is 13.3. The Morgan fingerprint density at radius 2 is 2.00 bits per heavy atom. The van der Waals surface area contributed by atoms with Crippen LogP contribution in [0.3, 0.4) is 0 Å². The molecule has 0 spiro atoms. The number of aliphatic hydroxyl groups excluding tert-OH is 1. The lowest BCUT2D eigenvalue weighted by Gasteiger charge is -2.57. The number of hydrogen-bond acceptors (Lipinski definition) is 3. The number of amides is 2. The minimum Gasteiger partial charge on any atom is -0.394 e. The Labute approximate surface area is 139 Å². The van der Waals surface area contributed by atoms with Crippen molar-refractivity contribution >= 4 is 17.4 Å². The molecule has 3 atom stereocenters. The Hall–Kier alpha value is -2.60. The third kappa shape index (κ3) is 2.22. The average Bonchev–Trinajstić information content (AvgIpc) is 2.57. The van der Waals surface area contributed by atoms with Gasteiger partial charge in [0.1, 0.15) is 5.82 Å². The first kappa shape index (κ1) is 15.0. The number of hydrogen-bond donors (Lipinski definition) is 3. The fourth-order valence-electron chi connectivity index (χ4n) is 3.80. The maximum absolute atomic E-state index is 13.7. The number of nitrogens with one attached hydrogen (secondary N) is 2. The summed E-state index contributed by atoms with van der Waals surface area (Å²) in [6.07, 6.45) is 0. The summed E-state index contributed by atoms with van der Waals surface area (Å²) in [5, 5.41) is 15.7. The first-order valence-corrected chi connectivity index (χ1v) is 7.98. The van der Waals surface area contributed by atoms with E-state index >= 15 is 0 Å². The average molecular weight is 327 g/mol. The summed E-state index contributed by atoms with van der Waals surface area (Å²) < 4.78 is 13.7. The molecule has 6 heteroatoms. The molecule has 2 aliphatic heterocycles. The van der Waals surface area contributed by atoms with E-state index in [1.165, 1.54) is 12.1 Å². The molecule has 0 aromatic heterocycles. The lowest BCUT2D eigenvalue weighted by atomic mass is 9.73. The van der Waals surface area contributed by atoms with Crippen LogP contribution in [0.4, 0.5) is 20.6 Å². The summed E-state index contributed by atoms with van der Waals surface area (Å²) in [6.45, 7) is 0.489. The molecule has 124 valence electrons. The van der Waals surface area contributed by atoms with E-state index in [9.17, 15) is 14.3 Å². The van der Waals surface area contributed by atoms with Gasteiger partial charge in [-0.3, -0.25) is 0 Å². The van der Waals surface area contributed by atoms with Gasteiger partial charge in [0.25, 0.3) is 0 Å². The van der Waals surface area contributed by atoms with Gasteiger partial charge in [0.2, 0.25) is 0 Å². The molecule has 4 rings (SSSR count). The number of nitrogens with zero attached hydrogens (tertiary/aromatic N) is 1. The van der Waals surface area contributed by atoms with Crippen molar-refractivity contribution in [3.05, 3.63) is 59.9 Å². The molecule has 2 heterocycles. The van der Waals surface area contributed by atoms with Crippen LogP contribution in [-0.4, -0.2) is 41.3 Å². The van der Waals surface area contributed by atoms with Crippen molar-refractivity contribution in [3.8, 4) is 0 Å². The van der Waals surface area contributed by atoms with Gasteiger partial charge in [-0.2, -0.15) is 0 Å². The molecule has 0 unspecified atom stereocenters. The van der Waals surface area contributed by atoms with Crippen LogP contribution in [0.1, 0.15) is 11.5 Å². The van der Waals surface area contributed by atoms with Crippen molar-refractivity contribution in [3.63, 3.8) is 0 Å². The molecule has 1 fully saturated rings. The van der Waals surface area contributed by atoms with Crippen molar-refractivity contribution in [2.45, 2.75) is 18.0 Å². The highest BCUT2D eigenvalue weighted by Crippen LogP contribution is 2.46. The number of likely N-dealkylation sites (tertiary alicyclic amines) is 1. The third-order valence-corrected chi connectivity index (χ3v) is 4.90. The normalized spacial score (nSPS) is 24.2. The largest absolute Gasteiger partial charge is 0.394 e. The van der Waals surface area contributed by atoms with Gasteiger partial charge >= 0.3 is 6.03 Å². The van der Waals surface area contributed by atoms with Gasteiger partial charge in [0.05, 0.1) is 24.4 Å². The molecule has 24 heavy (non-hydrogen) atoms. The predicted octanol–water partition coefficient (Wildman–Crippen LogP) is 2.61. The molecule has 2 aliphatic rings. The van der Waals surface area contributed by atoms with E-state index in [-0.39, 0.29) is 36.3 Å². The number of halogens is 1. The zero-order chi connectivity index (χ0) is 16.7. The summed E-state index contributed by atoms with van der Waals surface area (Å²) in [4.78, 5) is 14.2. The Bertz CT molecular complexity index is 782. The molecule has 0 aliphatic carbocycles. The van der Waals surface area contributed by atoms with Crippen LogP contribution in [0.5, 0.6) is 0 Å². The number of para-hydroxylation sites is 2. The van der Waals surface area contributed by atoms with Crippen molar-refractivity contribution in [2.75, 3.05) is 23.8 Å². The minimum absolute atomic E-state index is 0.0520. The smallest absolute Gasteiger partial charge is 0.322 e. The van der Waals surface area contributed by atoms with Crippen LogP contribution >= 0.6 is 0 Å². The van der Waals surface area contributed by atoms with Crippen molar-refractivity contribution in [1.29, 1.82) is 0 Å². The summed E-state index contributed by atoms with van der Waals surface area (Å²) in [5.41, 5.74) is 2.31. The highest BCUT2D eigenvalue weighted by atomic mass is 19.1. The monoisotopic (exact) mass is 327 g/mol. The van der Waals surface area contributed by atoms with Crippen molar-refractivity contribution in [1.82, 2.24) is 4.90 Å². The fourth-order valence-corrected chi connectivity index (χ4v) is 3.80. The lowest BCUT2D eigenvalue weighted by molar-refractivity contribution is 0.000848. The van der Waals surface area contributed by atoms with Crippen LogP contribution in [0, 0.1) is 5.82 Å². The Morgan fingerprint density at radius 3 is 2.79 bits per heavy atom. The quantitative estimate of drug-likeness (QED) is 0.794. The van der Waals surface area contributed by atoms with E-state index in [2.05, 4.69) is 10.6 Å². The van der Waals surface area contributed by atoms with E-state index in [4.69, 9.17) is 0 Å². The highest BCUT2D eigenvalue weighted by molar-refractivity contribution is 5.91. The molecule has 1 saturated heterocycles. The first-order chi connectivity index (χ1) is 11.7. The third-order valence-electron chi connectivity index (χ3n) is 4.90. The molecule has 0 saturated carbocycles. The molecular formula is C18H18FN3O2. The number of benzene rings is 2. The van der Waals surface area contributed by atoms with Crippen LogP contribution in [0.2, 0.25) is 0 Å². The maximum atomic E-state index is 13.7. The van der Waals surface area contributed by atoms with Gasteiger partial charge in [0.15, 0.2) is 0 Å². The van der Waals surface area contributed by atoms with Crippen LogP contribution < -0.4 is 10.6 Å². The number of urea groups is 1. The molecule has 2 aromatic rings. The Kier molecular flexibility index (Phi) is 3.61. The number of carbonyl (C=O) groups excluding carboxylic acids is 1. The minimum atomic E-state index is -0.476. The van der Waals surface area contributed by atoms with Crippen LogP contribution in [-0.2, 0) is 0 Å². The zero-order valence-corrected chi connectivity index (χ0v) is 12.9. The second kappa shape index (κ2) is 5.79. The number of aliphatic hydroxyl groups is 1. The van der Waals surface area contributed by atoms with Crippen LogP contribution in [0.25, 0.3) is 0 Å². The molecular weight excluding hydrogens is 309 g/mol. The van der Waals surface area contributed by atoms with E-state index in [1.54, 1.807) is 17.0 Å². The second-order valence-corrected chi connectivity index (χ2v) is 6.13. The highest BCUT2D eigenvalue weighted by Gasteiger charge is 2.53. The molecule has 3 N–H and O–H groups in total. The summed E-state index contributed by atoms with van der Waals surface area (Å²) in [5.74, 6) is -0.380. The maximum Gasteiger partial charge on any atom is 0.322 e. The first-order valence-electron chi connectivity index (χ1n) is 7.98. The molecule has 5 nitrogen and oxygen atoms in total. The van der Waals surface area contributed by atoms with E-state index in [0.717, 1.165) is 11.3 Å². The van der Waals surface area contributed by atoms with E-state index < -0.39 is 5.82 Å². The number of anilines is 2. The fraction of sp³-hybridized carbons (Fsp3) is 0.278. The lowest BCUT2D eigenvalue weighted by Crippen LogP contribution is -2.69. The predicted molar refractivity (Wildman–Crippen MR) is 89.6 cm³/mol. The van der Waals surface area contributed by atoms with Crippen molar-refractivity contribution < 1.29 is 14.3 Å². The van der Waals surface area contributed by atoms with E-state index in [0.29, 0.717) is 6.54 Å². The van der Waals surface area contributed by atoms with E-state index in [1.807, 2.05) is 24.3 Å². The van der Waals surface area contributed by atoms with Gasteiger partial charge in [-0.25, -0.2) is 9.18 Å². The number of rotatable bonds is 2. The molecule has 2 amide bonds. The molecule has 0 bridgehead atoms. The standard InChI is InChI=1S/C18H18FN3O2/c19-12-6-2-4-8-14(12)21-18(24)22-15-9-20-13-7-3-1-5-11(13)17(15)16(22)10-23/h1-8,15-17,20,23H,9-10H2,(H,21,24)/t15-,16-,17+/m0/s1. The summed E-state index contributed by atoms with van der Waals surface area (Å²) >= 11 is 0. The van der Waals surface area contributed by atoms with Crippen molar-refractivity contribution in [2.24, 2.45) is 0 Å². The number of fused-ring (bicyclic) bond motifs is 3. The van der Waals surface area contributed by atoms with Crippen LogP contribution in [0.15, 0.2) is 48.5 Å². The van der Waals surface area contributed by atoms with Gasteiger partial charge in [-0.1, -0.05) is 30.3 Å². The van der Waals surface area contributed by atoms with Gasteiger partial charge < -0.3 is 20.6 Å². The summed E-state index contributed by atoms with van der Waals surface area (Å²) in [7, 11) is 0. The molecule has 0 radical (unpaired) electrons.